The number of carbonyl (C=O) groups is 1. The van der Waals surface area contributed by atoms with Gasteiger partial charge in [-0.05, 0) is 44.9 Å². The first-order valence-electron chi connectivity index (χ1n) is 6.12. The van der Waals surface area contributed by atoms with Crippen molar-refractivity contribution in [2.24, 2.45) is 0 Å². The topological polar surface area (TPSA) is 35.5 Å². The summed E-state index contributed by atoms with van der Waals surface area (Å²) in [6.45, 7) is 5.26. The second-order valence-corrected chi connectivity index (χ2v) is 5.28. The summed E-state index contributed by atoms with van der Waals surface area (Å²) in [7, 11) is 0. The molecule has 0 unspecified atom stereocenters. The first-order chi connectivity index (χ1) is 9.05. The van der Waals surface area contributed by atoms with E-state index < -0.39 is 12.0 Å². The van der Waals surface area contributed by atoms with Crippen LogP contribution in [0.1, 0.15) is 32.8 Å². The van der Waals surface area contributed by atoms with Gasteiger partial charge >= 0.3 is 12.3 Å². The van der Waals surface area contributed by atoms with Gasteiger partial charge in [0.15, 0.2) is 0 Å². The predicted molar refractivity (Wildman–Crippen MR) is 67.3 cm³/mol. The van der Waals surface area contributed by atoms with Crippen LogP contribution in [0.5, 0.6) is 5.75 Å². The number of ether oxygens (including phenoxy) is 2. The number of hydrogen-bond donors (Lipinski definition) is 0. The van der Waals surface area contributed by atoms with Gasteiger partial charge in [0.2, 0.25) is 0 Å². The quantitative estimate of drug-likeness (QED) is 0.790. The Morgan fingerprint density at radius 2 is 1.85 bits per heavy atom. The summed E-state index contributed by atoms with van der Waals surface area (Å²) in [5.41, 5.74) is 0.0100. The lowest BCUT2D eigenvalue weighted by molar-refractivity contribution is -0.274. The largest absolute Gasteiger partial charge is 0.573 e. The third-order valence-corrected chi connectivity index (χ3v) is 2.17. The number of carbonyl (C=O) groups excluding carboxylic acids is 1. The van der Waals surface area contributed by atoms with E-state index in [0.717, 1.165) is 0 Å². The van der Waals surface area contributed by atoms with Crippen molar-refractivity contribution in [3.8, 4) is 5.75 Å². The molecule has 0 bridgehead atoms. The molecule has 0 spiro atoms. The molecule has 6 heteroatoms. The molecule has 112 valence electrons. The van der Waals surface area contributed by atoms with Gasteiger partial charge in [-0.3, -0.25) is 4.79 Å². The van der Waals surface area contributed by atoms with E-state index in [4.69, 9.17) is 4.74 Å². The molecule has 1 aromatic rings. The van der Waals surface area contributed by atoms with Gasteiger partial charge < -0.3 is 9.47 Å². The molecular weight excluding hydrogens is 273 g/mol. The Balaban J connectivity index is 2.57. The van der Waals surface area contributed by atoms with Gasteiger partial charge in [0.05, 0.1) is 0 Å². The molecule has 0 heterocycles. The van der Waals surface area contributed by atoms with Crippen LogP contribution in [0.2, 0.25) is 0 Å². The van der Waals surface area contributed by atoms with E-state index in [2.05, 4.69) is 4.74 Å². The fourth-order valence-electron chi connectivity index (χ4n) is 1.54. The van der Waals surface area contributed by atoms with Crippen molar-refractivity contribution in [1.29, 1.82) is 0 Å². The van der Waals surface area contributed by atoms with Crippen LogP contribution in [0.4, 0.5) is 13.2 Å². The average Bonchev–Trinajstić information content (AvgIpc) is 2.22. The number of aryl methyl sites for hydroxylation is 1. The number of esters is 1. The zero-order valence-electron chi connectivity index (χ0n) is 11.6. The van der Waals surface area contributed by atoms with Crippen LogP contribution in [0, 0.1) is 0 Å². The second kappa shape index (κ2) is 6.15. The van der Waals surface area contributed by atoms with Gasteiger partial charge in [-0.2, -0.15) is 0 Å². The van der Waals surface area contributed by atoms with Crippen LogP contribution in [-0.4, -0.2) is 17.9 Å². The van der Waals surface area contributed by atoms with E-state index in [1.54, 1.807) is 26.8 Å². The Hall–Kier alpha value is -1.72. The molecule has 1 rings (SSSR count). The standard InChI is InChI=1S/C14H17F3O3/c1-13(2,3)20-12(18)8-7-10-5-4-6-11(9-10)19-14(15,16)17/h4-6,9H,7-8H2,1-3H3. The van der Waals surface area contributed by atoms with Crippen LogP contribution >= 0.6 is 0 Å². The molecule has 0 atom stereocenters. The zero-order valence-corrected chi connectivity index (χ0v) is 11.6. The molecule has 3 nitrogen and oxygen atoms in total. The third kappa shape index (κ3) is 7.01. The highest BCUT2D eigenvalue weighted by molar-refractivity contribution is 5.70. The van der Waals surface area contributed by atoms with Crippen LogP contribution in [-0.2, 0) is 16.0 Å². The molecule has 0 aliphatic rings. The average molecular weight is 290 g/mol. The van der Waals surface area contributed by atoms with Gasteiger partial charge in [0.25, 0.3) is 0 Å². The first kappa shape index (κ1) is 16.3. The van der Waals surface area contributed by atoms with Crippen LogP contribution < -0.4 is 4.74 Å². The number of hydrogen-bond acceptors (Lipinski definition) is 3. The second-order valence-electron chi connectivity index (χ2n) is 5.28. The lowest BCUT2D eigenvalue weighted by Gasteiger charge is -2.19. The summed E-state index contributed by atoms with van der Waals surface area (Å²) < 4.78 is 45.2. The highest BCUT2D eigenvalue weighted by atomic mass is 19.4. The molecule has 0 saturated carbocycles. The van der Waals surface area contributed by atoms with E-state index in [9.17, 15) is 18.0 Å². The van der Waals surface area contributed by atoms with Gasteiger partial charge in [-0.25, -0.2) is 0 Å². The van der Waals surface area contributed by atoms with Crippen molar-refractivity contribution >= 4 is 5.97 Å². The Kier molecular flexibility index (Phi) is 5.03. The summed E-state index contributed by atoms with van der Waals surface area (Å²) in [5, 5.41) is 0. The molecule has 1 aromatic carbocycles. The Morgan fingerprint density at radius 1 is 1.20 bits per heavy atom. The molecular formula is C14H17F3O3. The van der Waals surface area contributed by atoms with Crippen molar-refractivity contribution in [3.63, 3.8) is 0 Å². The molecule has 0 fully saturated rings. The normalized spacial score (nSPS) is 12.1. The number of benzene rings is 1. The van der Waals surface area contributed by atoms with E-state index >= 15 is 0 Å². The maximum atomic E-state index is 12.1. The summed E-state index contributed by atoms with van der Waals surface area (Å²) in [4.78, 5) is 11.5. The minimum Gasteiger partial charge on any atom is -0.460 e. The van der Waals surface area contributed by atoms with Gasteiger partial charge in [0, 0.05) is 6.42 Å². The summed E-state index contributed by atoms with van der Waals surface area (Å²) in [6.07, 6.45) is -4.32. The molecule has 0 aromatic heterocycles. The van der Waals surface area contributed by atoms with Gasteiger partial charge in [-0.15, -0.1) is 13.2 Å². The molecule has 0 aliphatic carbocycles. The van der Waals surface area contributed by atoms with Crippen LogP contribution in [0.15, 0.2) is 24.3 Å². The lowest BCUT2D eigenvalue weighted by Crippen LogP contribution is -2.24. The monoisotopic (exact) mass is 290 g/mol. The molecule has 0 aliphatic heterocycles. The summed E-state index contributed by atoms with van der Waals surface area (Å²) in [6, 6.07) is 5.56. The lowest BCUT2D eigenvalue weighted by atomic mass is 10.1. The van der Waals surface area contributed by atoms with Gasteiger partial charge in [0.1, 0.15) is 11.4 Å². The van der Waals surface area contributed by atoms with Crippen molar-refractivity contribution in [2.75, 3.05) is 0 Å². The molecule has 0 radical (unpaired) electrons. The van der Waals surface area contributed by atoms with E-state index in [-0.39, 0.29) is 18.1 Å². The highest BCUT2D eigenvalue weighted by Gasteiger charge is 2.31. The fraction of sp³-hybridized carbons (Fsp3) is 0.500. The van der Waals surface area contributed by atoms with Gasteiger partial charge in [-0.1, -0.05) is 12.1 Å². The predicted octanol–water partition coefficient (Wildman–Crippen LogP) is 3.86. The zero-order chi connectivity index (χ0) is 15.4. The SMILES string of the molecule is CC(C)(C)OC(=O)CCc1cccc(OC(F)(F)F)c1. The summed E-state index contributed by atoms with van der Waals surface area (Å²) >= 11 is 0. The number of rotatable bonds is 4. The Morgan fingerprint density at radius 3 is 2.40 bits per heavy atom. The maximum absolute atomic E-state index is 12.1. The van der Waals surface area contributed by atoms with Crippen LogP contribution in [0.25, 0.3) is 0 Å². The van der Waals surface area contributed by atoms with E-state index in [1.807, 2.05) is 0 Å². The van der Waals surface area contributed by atoms with Crippen molar-refractivity contribution < 1.29 is 27.4 Å². The summed E-state index contributed by atoms with van der Waals surface area (Å²) in [5.74, 6) is -0.682. The van der Waals surface area contributed by atoms with E-state index in [1.165, 1.54) is 18.2 Å². The number of halogens is 3. The van der Waals surface area contributed by atoms with Crippen molar-refractivity contribution in [3.05, 3.63) is 29.8 Å². The van der Waals surface area contributed by atoms with Crippen molar-refractivity contribution in [1.82, 2.24) is 0 Å². The maximum Gasteiger partial charge on any atom is 0.573 e. The fourth-order valence-corrected chi connectivity index (χ4v) is 1.54. The minimum atomic E-state index is -4.72. The molecule has 20 heavy (non-hydrogen) atoms. The minimum absolute atomic E-state index is 0.104. The third-order valence-electron chi connectivity index (χ3n) is 2.17. The first-order valence-corrected chi connectivity index (χ1v) is 6.12. The molecule has 0 saturated heterocycles. The van der Waals surface area contributed by atoms with Crippen molar-refractivity contribution in [2.45, 2.75) is 45.6 Å². The Bertz CT molecular complexity index is 461. The Labute approximate surface area is 115 Å². The van der Waals surface area contributed by atoms with E-state index in [0.29, 0.717) is 12.0 Å². The van der Waals surface area contributed by atoms with Crippen LogP contribution in [0.3, 0.4) is 0 Å². The number of alkyl halides is 3. The highest BCUT2D eigenvalue weighted by Crippen LogP contribution is 2.23. The molecule has 0 amide bonds. The smallest absolute Gasteiger partial charge is 0.460 e. The molecule has 0 N–H and O–H groups in total.